The third-order valence-corrected chi connectivity index (χ3v) is 4.47. The summed E-state index contributed by atoms with van der Waals surface area (Å²) in [5.74, 6) is -0.604. The molecule has 22 heavy (non-hydrogen) atoms. The number of halogens is 2. The quantitative estimate of drug-likeness (QED) is 0.330. The van der Waals surface area contributed by atoms with E-state index in [1.54, 1.807) is 0 Å². The van der Waals surface area contributed by atoms with Gasteiger partial charge in [-0.05, 0) is 42.6 Å². The Labute approximate surface area is 135 Å². The number of ether oxygens (including phenoxy) is 1. The largest absolute Gasteiger partial charge is 0.371 e. The molecule has 0 bridgehead atoms. The van der Waals surface area contributed by atoms with Crippen LogP contribution in [0.5, 0.6) is 0 Å². The van der Waals surface area contributed by atoms with E-state index in [9.17, 15) is 8.78 Å². The molecule has 0 aliphatic heterocycles. The molecule has 130 valence electrons. The van der Waals surface area contributed by atoms with Crippen molar-refractivity contribution in [1.82, 2.24) is 0 Å². The number of alkyl halides is 2. The second-order valence-corrected chi connectivity index (χ2v) is 6.97. The molecule has 0 aliphatic rings. The fraction of sp³-hybridized carbons (Fsp3) is 0.789. The average molecular weight is 316 g/mol. The molecule has 1 nitrogen and oxygen atoms in total. The van der Waals surface area contributed by atoms with Crippen molar-refractivity contribution in [3.05, 3.63) is 24.3 Å². The van der Waals surface area contributed by atoms with E-state index in [0.717, 1.165) is 12.8 Å². The van der Waals surface area contributed by atoms with E-state index in [4.69, 9.17) is 4.74 Å². The van der Waals surface area contributed by atoms with Crippen molar-refractivity contribution >= 4 is 0 Å². The van der Waals surface area contributed by atoms with Gasteiger partial charge in [0.25, 0.3) is 5.92 Å². The lowest BCUT2D eigenvalue weighted by Crippen LogP contribution is -2.24. The minimum atomic E-state index is -2.94. The minimum absolute atomic E-state index is 0.153. The van der Waals surface area contributed by atoms with Gasteiger partial charge < -0.3 is 4.74 Å². The van der Waals surface area contributed by atoms with Crippen molar-refractivity contribution in [2.75, 3.05) is 13.2 Å². The molecule has 0 aromatic carbocycles. The molecule has 3 heteroatoms. The molecule has 0 N–H and O–H groups in total. The Morgan fingerprint density at radius 3 is 2.27 bits per heavy atom. The first-order valence-corrected chi connectivity index (χ1v) is 8.40. The first-order valence-electron chi connectivity index (χ1n) is 8.40. The van der Waals surface area contributed by atoms with Crippen LogP contribution >= 0.6 is 0 Å². The minimum Gasteiger partial charge on any atom is -0.371 e. The summed E-state index contributed by atoms with van der Waals surface area (Å²) in [4.78, 5) is 0. The summed E-state index contributed by atoms with van der Waals surface area (Å²) < 4.78 is 31.8. The molecule has 0 amide bonds. The monoisotopic (exact) mass is 316 g/mol. The predicted octanol–water partition coefficient (Wildman–Crippen LogP) is 6.12. The second-order valence-electron chi connectivity index (χ2n) is 6.97. The fourth-order valence-corrected chi connectivity index (χ4v) is 2.42. The van der Waals surface area contributed by atoms with Gasteiger partial charge >= 0.3 is 0 Å². The van der Waals surface area contributed by atoms with E-state index >= 15 is 0 Å². The zero-order chi connectivity index (χ0) is 17.3. The summed E-state index contributed by atoms with van der Waals surface area (Å²) in [7, 11) is 0. The van der Waals surface area contributed by atoms with Gasteiger partial charge in [0.2, 0.25) is 0 Å². The van der Waals surface area contributed by atoms with Crippen molar-refractivity contribution < 1.29 is 13.5 Å². The summed E-state index contributed by atoms with van der Waals surface area (Å²) >= 11 is 0. The molecule has 0 spiro atoms. The van der Waals surface area contributed by atoms with Gasteiger partial charge in [-0.1, -0.05) is 59.8 Å². The van der Waals surface area contributed by atoms with Crippen molar-refractivity contribution in [3.63, 3.8) is 0 Å². The van der Waals surface area contributed by atoms with Crippen molar-refractivity contribution in [2.24, 2.45) is 23.7 Å². The Kier molecular flexibility index (Phi) is 9.82. The van der Waals surface area contributed by atoms with Crippen LogP contribution in [0.1, 0.15) is 54.4 Å². The van der Waals surface area contributed by atoms with Crippen LogP contribution < -0.4 is 0 Å². The highest BCUT2D eigenvalue weighted by molar-refractivity contribution is 5.03. The molecule has 0 saturated carbocycles. The zero-order valence-corrected chi connectivity index (χ0v) is 15.2. The van der Waals surface area contributed by atoms with Gasteiger partial charge in [-0.3, -0.25) is 0 Å². The van der Waals surface area contributed by atoms with Gasteiger partial charge in [0.05, 0.1) is 6.61 Å². The molecule has 0 radical (unpaired) electrons. The Morgan fingerprint density at radius 2 is 1.82 bits per heavy atom. The van der Waals surface area contributed by atoms with Gasteiger partial charge in [-0.25, -0.2) is 0 Å². The van der Waals surface area contributed by atoms with E-state index in [1.807, 2.05) is 6.08 Å². The lowest BCUT2D eigenvalue weighted by molar-refractivity contribution is -0.0414. The SMILES string of the molecule is C=C(C)C(F)(F)COCC=CC(CC(C)C)C(C)C(C)CC. The average Bonchev–Trinajstić information content (AvgIpc) is 2.43. The summed E-state index contributed by atoms with van der Waals surface area (Å²) in [5, 5.41) is 0. The Bertz CT molecular complexity index is 347. The van der Waals surface area contributed by atoms with Gasteiger partial charge in [-0.2, -0.15) is 8.78 Å². The highest BCUT2D eigenvalue weighted by Gasteiger charge is 2.29. The van der Waals surface area contributed by atoms with Gasteiger partial charge in [-0.15, -0.1) is 0 Å². The molecular formula is C19H34F2O. The van der Waals surface area contributed by atoms with E-state index in [2.05, 4.69) is 47.3 Å². The van der Waals surface area contributed by atoms with Crippen LogP contribution in [0.2, 0.25) is 0 Å². The smallest absolute Gasteiger partial charge is 0.291 e. The van der Waals surface area contributed by atoms with Gasteiger partial charge in [0, 0.05) is 0 Å². The second kappa shape index (κ2) is 10.1. The molecule has 3 unspecified atom stereocenters. The fourth-order valence-electron chi connectivity index (χ4n) is 2.42. The maximum absolute atomic E-state index is 13.3. The molecule has 0 heterocycles. The van der Waals surface area contributed by atoms with Crippen LogP contribution in [0.3, 0.4) is 0 Å². The first-order chi connectivity index (χ1) is 10.1. The third-order valence-electron chi connectivity index (χ3n) is 4.47. The summed E-state index contributed by atoms with van der Waals surface area (Å²) in [6.07, 6.45) is 6.31. The Hall–Kier alpha value is -0.700. The lowest BCUT2D eigenvalue weighted by atomic mass is 9.78. The number of hydrogen-bond acceptors (Lipinski definition) is 1. The standard InChI is InChI=1S/C19H34F2O/c1-8-16(6)17(7)18(12-14(2)3)10-9-11-22-13-19(20,21)15(4)5/h9-10,14,16-18H,4,8,11-13H2,1-3,5-7H3. The molecule has 0 saturated heterocycles. The van der Waals surface area contributed by atoms with Gasteiger partial charge in [0.15, 0.2) is 0 Å². The number of hydrogen-bond donors (Lipinski definition) is 0. The van der Waals surface area contributed by atoms with E-state index < -0.39 is 12.5 Å². The summed E-state index contributed by atoms with van der Waals surface area (Å²) in [6.45, 7) is 15.4. The highest BCUT2D eigenvalue weighted by Crippen LogP contribution is 2.29. The highest BCUT2D eigenvalue weighted by atomic mass is 19.3. The molecular weight excluding hydrogens is 282 g/mol. The van der Waals surface area contributed by atoms with Gasteiger partial charge in [0.1, 0.15) is 6.61 Å². The zero-order valence-electron chi connectivity index (χ0n) is 15.2. The summed E-state index contributed by atoms with van der Waals surface area (Å²) in [6, 6.07) is 0. The Balaban J connectivity index is 4.45. The number of rotatable bonds is 11. The third kappa shape index (κ3) is 8.07. The van der Waals surface area contributed by atoms with Crippen LogP contribution in [0.15, 0.2) is 24.3 Å². The maximum atomic E-state index is 13.3. The molecule has 0 aliphatic carbocycles. The van der Waals surface area contributed by atoms with E-state index in [0.29, 0.717) is 23.7 Å². The lowest BCUT2D eigenvalue weighted by Gasteiger charge is -2.27. The van der Waals surface area contributed by atoms with E-state index in [1.165, 1.54) is 6.92 Å². The van der Waals surface area contributed by atoms with Crippen LogP contribution in [0.25, 0.3) is 0 Å². The predicted molar refractivity (Wildman–Crippen MR) is 91.3 cm³/mol. The van der Waals surface area contributed by atoms with Crippen LogP contribution in [0, 0.1) is 23.7 Å². The molecule has 0 fully saturated rings. The van der Waals surface area contributed by atoms with Crippen LogP contribution in [-0.2, 0) is 4.74 Å². The molecule has 0 rings (SSSR count). The van der Waals surface area contributed by atoms with Crippen molar-refractivity contribution in [3.8, 4) is 0 Å². The topological polar surface area (TPSA) is 9.23 Å². The molecule has 0 aromatic heterocycles. The molecule has 3 atom stereocenters. The van der Waals surface area contributed by atoms with Crippen LogP contribution in [-0.4, -0.2) is 19.1 Å². The maximum Gasteiger partial charge on any atom is 0.291 e. The summed E-state index contributed by atoms with van der Waals surface area (Å²) in [5.41, 5.74) is -0.153. The van der Waals surface area contributed by atoms with Crippen molar-refractivity contribution in [2.45, 2.75) is 60.3 Å². The van der Waals surface area contributed by atoms with E-state index in [-0.39, 0.29) is 12.2 Å². The van der Waals surface area contributed by atoms with Crippen LogP contribution in [0.4, 0.5) is 8.78 Å². The van der Waals surface area contributed by atoms with Crippen molar-refractivity contribution in [1.29, 1.82) is 0 Å². The first kappa shape index (κ1) is 21.3. The Morgan fingerprint density at radius 1 is 1.23 bits per heavy atom. The normalized spacial score (nSPS) is 17.0. The number of allylic oxidation sites excluding steroid dienone is 1. The molecule has 0 aromatic rings.